The van der Waals surface area contributed by atoms with E-state index in [-0.39, 0.29) is 40.9 Å². The molecule has 0 bridgehead atoms. The van der Waals surface area contributed by atoms with E-state index in [2.05, 4.69) is 43.5 Å². The van der Waals surface area contributed by atoms with E-state index in [0.717, 1.165) is 24.3 Å². The third-order valence-corrected chi connectivity index (χ3v) is 16.3. The van der Waals surface area contributed by atoms with Crippen LogP contribution in [0.2, 0.25) is 0 Å². The SMILES string of the molecule is C=C[C@@H]1CC(=C(N)C(F)(F)F)C(=NCC(=O)N[C@@H](Cc2cc(F)cc(F)c2)c2nc(C#CC(C)(C)S(=O)(=O)C3CC3)ccc2-c2ccc(F)c3c(NS(=O)(=O)C4CC4)nn(CC(F)F)c23)C1(F)F. The second-order valence-corrected chi connectivity index (χ2v) is 21.8. The number of fused-ring (bicyclic) bond motifs is 1. The van der Waals surface area contributed by atoms with Gasteiger partial charge in [0, 0.05) is 22.8 Å². The van der Waals surface area contributed by atoms with Crippen LogP contribution in [-0.2, 0) is 37.6 Å². The highest BCUT2D eigenvalue weighted by Crippen LogP contribution is 2.45. The molecule has 1 amide bonds. The topological polar surface area (TPSA) is 178 Å². The number of aromatic nitrogens is 3. The number of benzene rings is 2. The van der Waals surface area contributed by atoms with Crippen molar-refractivity contribution in [2.75, 3.05) is 11.3 Å². The summed E-state index contributed by atoms with van der Waals surface area (Å²) in [5, 5.41) is 4.37. The van der Waals surface area contributed by atoms with Crippen molar-refractivity contribution < 1.29 is 65.5 Å². The minimum absolute atomic E-state index is 0.162. The molecule has 0 saturated heterocycles. The van der Waals surface area contributed by atoms with Gasteiger partial charge in [0.25, 0.3) is 12.3 Å². The van der Waals surface area contributed by atoms with Crippen molar-refractivity contribution in [1.29, 1.82) is 0 Å². The summed E-state index contributed by atoms with van der Waals surface area (Å²) in [6.45, 7) is 3.45. The van der Waals surface area contributed by atoms with Crippen LogP contribution >= 0.6 is 0 Å². The molecule has 2 atom stereocenters. The lowest BCUT2D eigenvalue weighted by Gasteiger charge is -2.23. The number of allylic oxidation sites excluding steroid dienone is 3. The first kappa shape index (κ1) is 49.9. The zero-order valence-corrected chi connectivity index (χ0v) is 37.5. The van der Waals surface area contributed by atoms with E-state index in [1.165, 1.54) is 26.0 Å². The van der Waals surface area contributed by atoms with Crippen LogP contribution in [-0.4, -0.2) is 83.5 Å². The maximum atomic E-state index is 15.9. The fraction of sp³-hybridized carbons (Fsp3) is 0.409. The average Bonchev–Trinajstić information content (AvgIpc) is 4.17. The minimum atomic E-state index is -5.28. The quantitative estimate of drug-likeness (QED) is 0.0613. The molecule has 12 nitrogen and oxygen atoms in total. The molecule has 0 unspecified atom stereocenters. The number of aliphatic imine (C=N–C) groups is 1. The monoisotopic (exact) mass is 1000 g/mol. The molecular weight excluding hydrogens is 961 g/mol. The van der Waals surface area contributed by atoms with Crippen LogP contribution in [0.1, 0.15) is 68.9 Å². The van der Waals surface area contributed by atoms with E-state index >= 15 is 13.2 Å². The number of halogens is 10. The van der Waals surface area contributed by atoms with Gasteiger partial charge in [-0.3, -0.25) is 19.2 Å². The Balaban J connectivity index is 1.43. The summed E-state index contributed by atoms with van der Waals surface area (Å²) in [6, 6.07) is 5.00. The zero-order valence-electron chi connectivity index (χ0n) is 35.9. The Morgan fingerprint density at radius 1 is 1.00 bits per heavy atom. The van der Waals surface area contributed by atoms with Gasteiger partial charge < -0.3 is 11.1 Å². The number of hydrogen-bond acceptors (Lipinski definition) is 9. The highest BCUT2D eigenvalue weighted by molar-refractivity contribution is 7.94. The Morgan fingerprint density at radius 3 is 2.22 bits per heavy atom. The van der Waals surface area contributed by atoms with Gasteiger partial charge in [-0.1, -0.05) is 12.0 Å². The first-order valence-corrected chi connectivity index (χ1v) is 23.9. The van der Waals surface area contributed by atoms with Crippen LogP contribution in [0.5, 0.6) is 0 Å². The summed E-state index contributed by atoms with van der Waals surface area (Å²) < 4.78 is 200. The van der Waals surface area contributed by atoms with E-state index in [4.69, 9.17) is 5.73 Å². The number of hydrogen-bond donors (Lipinski definition) is 3. The Morgan fingerprint density at radius 2 is 1.63 bits per heavy atom. The molecule has 0 spiro atoms. The summed E-state index contributed by atoms with van der Waals surface area (Å²) in [5.41, 5.74) is -0.668. The summed E-state index contributed by atoms with van der Waals surface area (Å²) >= 11 is 0. The highest BCUT2D eigenvalue weighted by Gasteiger charge is 2.54. The maximum Gasteiger partial charge on any atom is 0.431 e. The van der Waals surface area contributed by atoms with Crippen LogP contribution < -0.4 is 15.8 Å². The minimum Gasteiger partial charge on any atom is -0.394 e. The smallest absolute Gasteiger partial charge is 0.394 e. The predicted molar refractivity (Wildman–Crippen MR) is 231 cm³/mol. The molecule has 0 radical (unpaired) electrons. The van der Waals surface area contributed by atoms with Crippen LogP contribution in [0, 0.1) is 35.2 Å². The molecule has 7 rings (SSSR count). The largest absolute Gasteiger partial charge is 0.431 e. The third-order valence-electron chi connectivity index (χ3n) is 11.6. The molecule has 3 aliphatic rings. The third kappa shape index (κ3) is 10.2. The second kappa shape index (κ2) is 18.2. The van der Waals surface area contributed by atoms with Gasteiger partial charge in [-0.05, 0) is 100 Å². The summed E-state index contributed by atoms with van der Waals surface area (Å²) in [4.78, 5) is 22.1. The molecule has 364 valence electrons. The van der Waals surface area contributed by atoms with Crippen molar-refractivity contribution in [3.05, 3.63) is 101 Å². The van der Waals surface area contributed by atoms with Gasteiger partial charge in [-0.25, -0.2) is 43.8 Å². The van der Waals surface area contributed by atoms with E-state index in [1.54, 1.807) is 0 Å². The van der Waals surface area contributed by atoms with Crippen LogP contribution in [0.15, 0.2) is 71.4 Å². The zero-order chi connectivity index (χ0) is 49.9. The Labute approximate surface area is 383 Å². The van der Waals surface area contributed by atoms with Crippen molar-refractivity contribution in [2.24, 2.45) is 16.6 Å². The standard InChI is InChI=1S/C44H41F10N7O5S2/c1-4-23-18-31(39(55)44(52,53)54)40(43(23,50)51)56-20-35(62)58-33(17-22-15-24(45)19-25(46)16-22)37-29(10-5-26(57-37)13-14-42(2,3)67(63,64)27-6-7-27)30-11-12-32(47)36-38(30)61(21-34(48)49)59-41(36)60-68(65,66)28-8-9-28/h4-5,10-12,15-16,19,23,27-28,33-34H,1,6-9,17-18,20-21,55H2,2-3H3,(H,58,62)(H,59,60)/t23-,33+/m1/s1. The van der Waals surface area contributed by atoms with Crippen molar-refractivity contribution in [1.82, 2.24) is 20.1 Å². The van der Waals surface area contributed by atoms with Gasteiger partial charge in [0.15, 0.2) is 15.7 Å². The number of alkyl halides is 7. The number of nitrogens with one attached hydrogen (secondary N) is 2. The van der Waals surface area contributed by atoms with Crippen molar-refractivity contribution >= 4 is 48.2 Å². The number of amides is 1. The van der Waals surface area contributed by atoms with Gasteiger partial charge in [0.1, 0.15) is 52.4 Å². The first-order valence-electron chi connectivity index (χ1n) is 20.8. The van der Waals surface area contributed by atoms with Gasteiger partial charge in [-0.15, -0.1) is 6.58 Å². The van der Waals surface area contributed by atoms with Crippen molar-refractivity contribution in [3.8, 4) is 23.0 Å². The van der Waals surface area contributed by atoms with Gasteiger partial charge >= 0.3 is 6.18 Å². The molecule has 3 saturated carbocycles. The van der Waals surface area contributed by atoms with E-state index in [9.17, 15) is 52.4 Å². The number of nitrogens with zero attached hydrogens (tertiary/aromatic N) is 4. The fourth-order valence-electron chi connectivity index (χ4n) is 7.78. The highest BCUT2D eigenvalue weighted by atomic mass is 32.2. The maximum absolute atomic E-state index is 15.9. The second-order valence-electron chi connectivity index (χ2n) is 17.0. The normalized spacial score (nSPS) is 19.5. The fourth-order valence-corrected chi connectivity index (χ4v) is 10.9. The number of carbonyl (C=O) groups excluding carboxylic acids is 1. The Hall–Kier alpha value is -5.96. The first-order chi connectivity index (χ1) is 31.6. The van der Waals surface area contributed by atoms with Crippen LogP contribution in [0.3, 0.4) is 0 Å². The average molecular weight is 1000 g/mol. The molecule has 2 aromatic heterocycles. The lowest BCUT2D eigenvalue weighted by molar-refractivity contribution is -0.120. The van der Waals surface area contributed by atoms with E-state index in [1.807, 2.05) is 0 Å². The molecule has 24 heteroatoms. The van der Waals surface area contributed by atoms with Crippen molar-refractivity contribution in [2.45, 2.75) is 98.7 Å². The van der Waals surface area contributed by atoms with Crippen molar-refractivity contribution in [3.63, 3.8) is 0 Å². The van der Waals surface area contributed by atoms with Crippen LogP contribution in [0.4, 0.5) is 49.7 Å². The molecule has 68 heavy (non-hydrogen) atoms. The van der Waals surface area contributed by atoms with E-state index in [0.29, 0.717) is 29.7 Å². The summed E-state index contributed by atoms with van der Waals surface area (Å²) in [5.74, 6) is -5.88. The number of carbonyl (C=O) groups is 1. The Kier molecular flexibility index (Phi) is 13.3. The molecule has 2 aromatic carbocycles. The number of anilines is 1. The lowest BCUT2D eigenvalue weighted by Crippen LogP contribution is -2.35. The number of rotatable bonds is 15. The summed E-state index contributed by atoms with van der Waals surface area (Å²) in [6.07, 6.45) is -7.93. The van der Waals surface area contributed by atoms with E-state index < -0.39 is 149 Å². The molecule has 2 heterocycles. The van der Waals surface area contributed by atoms with Gasteiger partial charge in [0.2, 0.25) is 15.9 Å². The molecule has 4 aromatic rings. The van der Waals surface area contributed by atoms with Gasteiger partial charge in [0.05, 0.1) is 39.1 Å². The molecule has 3 fully saturated rings. The predicted octanol–water partition coefficient (Wildman–Crippen LogP) is 7.85. The number of pyridine rings is 1. The summed E-state index contributed by atoms with van der Waals surface area (Å²) in [7, 11) is -7.99. The number of nitrogens with two attached hydrogens (primary N) is 1. The Bertz CT molecular complexity index is 3040. The lowest BCUT2D eigenvalue weighted by atomic mass is 9.93. The number of sulfonamides is 1. The molecule has 3 aliphatic carbocycles. The van der Waals surface area contributed by atoms with Gasteiger partial charge in [-0.2, -0.15) is 27.1 Å². The molecular formula is C44H41F10N7O5S2. The molecule has 4 N–H and O–H groups in total. The number of sulfone groups is 1. The van der Waals surface area contributed by atoms with Crippen LogP contribution in [0.25, 0.3) is 22.0 Å². The molecule has 0 aliphatic heterocycles.